The van der Waals surface area contributed by atoms with E-state index in [-0.39, 0.29) is 6.04 Å². The Morgan fingerprint density at radius 2 is 1.81 bits per heavy atom. The second-order valence-corrected chi connectivity index (χ2v) is 8.13. The Balaban J connectivity index is 2.44. The molecule has 5 nitrogen and oxygen atoms in total. The van der Waals surface area contributed by atoms with Gasteiger partial charge in [-0.15, -0.1) is 0 Å². The summed E-state index contributed by atoms with van der Waals surface area (Å²) in [6, 6.07) is 0.0268. The highest BCUT2D eigenvalue weighted by atomic mass is 32.2. The van der Waals surface area contributed by atoms with Crippen LogP contribution in [-0.2, 0) is 10.2 Å². The zero-order chi connectivity index (χ0) is 15.9. The number of hydrogen-bond donors (Lipinski definition) is 2. The summed E-state index contributed by atoms with van der Waals surface area (Å²) in [4.78, 5) is 0. The molecule has 2 N–H and O–H groups in total. The van der Waals surface area contributed by atoms with Gasteiger partial charge in [0, 0.05) is 19.1 Å². The van der Waals surface area contributed by atoms with Crippen molar-refractivity contribution < 1.29 is 8.42 Å². The molecule has 1 rings (SSSR count). The SMILES string of the molecule is CCCNCC1CCN(S(=O)(=O)NC(CC)C(C)C)CC1. The molecule has 0 amide bonds. The second kappa shape index (κ2) is 9.08. The molecule has 1 saturated heterocycles. The molecule has 1 heterocycles. The first kappa shape index (κ1) is 18.9. The van der Waals surface area contributed by atoms with Crippen molar-refractivity contribution in [2.75, 3.05) is 26.2 Å². The number of piperidine rings is 1. The molecule has 0 aromatic heterocycles. The standard InChI is InChI=1S/C15H33N3O2S/c1-5-9-16-12-14-7-10-18(11-8-14)21(19,20)17-15(6-2)13(3)4/h13-17H,5-12H2,1-4H3. The Bertz CT molecular complexity index is 376. The highest BCUT2D eigenvalue weighted by molar-refractivity contribution is 7.87. The summed E-state index contributed by atoms with van der Waals surface area (Å²) in [5, 5.41) is 3.43. The maximum Gasteiger partial charge on any atom is 0.279 e. The van der Waals surface area contributed by atoms with Crippen LogP contribution in [0.25, 0.3) is 0 Å². The minimum atomic E-state index is -3.33. The molecule has 6 heteroatoms. The third kappa shape index (κ3) is 6.22. The van der Waals surface area contributed by atoms with Crippen molar-refractivity contribution >= 4 is 10.2 Å². The average molecular weight is 320 g/mol. The van der Waals surface area contributed by atoms with E-state index in [9.17, 15) is 8.42 Å². The molecule has 1 atom stereocenters. The first-order valence-electron chi connectivity index (χ1n) is 8.38. The number of hydrogen-bond acceptors (Lipinski definition) is 3. The van der Waals surface area contributed by atoms with Crippen LogP contribution in [0.4, 0.5) is 0 Å². The van der Waals surface area contributed by atoms with Crippen LogP contribution in [-0.4, -0.2) is 44.9 Å². The molecular formula is C15H33N3O2S. The molecular weight excluding hydrogens is 286 g/mol. The molecule has 0 bridgehead atoms. The van der Waals surface area contributed by atoms with Gasteiger partial charge in [-0.3, -0.25) is 0 Å². The van der Waals surface area contributed by atoms with Gasteiger partial charge in [-0.05, 0) is 50.6 Å². The Morgan fingerprint density at radius 1 is 1.19 bits per heavy atom. The van der Waals surface area contributed by atoms with E-state index in [1.165, 1.54) is 0 Å². The van der Waals surface area contributed by atoms with Crippen molar-refractivity contribution in [3.8, 4) is 0 Å². The van der Waals surface area contributed by atoms with E-state index in [1.54, 1.807) is 4.31 Å². The van der Waals surface area contributed by atoms with Gasteiger partial charge in [0.15, 0.2) is 0 Å². The first-order chi connectivity index (χ1) is 9.90. The third-order valence-corrected chi connectivity index (χ3v) is 5.96. The molecule has 0 saturated carbocycles. The molecule has 0 spiro atoms. The van der Waals surface area contributed by atoms with Crippen molar-refractivity contribution in [2.24, 2.45) is 11.8 Å². The van der Waals surface area contributed by atoms with Gasteiger partial charge in [0.25, 0.3) is 10.2 Å². The molecule has 126 valence electrons. The zero-order valence-corrected chi connectivity index (χ0v) is 14.9. The molecule has 1 aliphatic rings. The lowest BCUT2D eigenvalue weighted by atomic mass is 9.98. The van der Waals surface area contributed by atoms with E-state index in [4.69, 9.17) is 0 Å². The predicted octanol–water partition coefficient (Wildman–Crippen LogP) is 1.97. The normalized spacial score (nSPS) is 20.0. The van der Waals surface area contributed by atoms with Crippen molar-refractivity contribution in [2.45, 2.75) is 59.4 Å². The average Bonchev–Trinajstić information content (AvgIpc) is 2.45. The lowest BCUT2D eigenvalue weighted by Gasteiger charge is -2.33. The van der Waals surface area contributed by atoms with E-state index in [0.717, 1.165) is 38.8 Å². The topological polar surface area (TPSA) is 61.4 Å². The Hall–Kier alpha value is -0.170. The molecule has 1 aliphatic heterocycles. The number of nitrogens with one attached hydrogen (secondary N) is 2. The smallest absolute Gasteiger partial charge is 0.279 e. The van der Waals surface area contributed by atoms with Gasteiger partial charge in [0.1, 0.15) is 0 Å². The number of nitrogens with zero attached hydrogens (tertiary/aromatic N) is 1. The van der Waals surface area contributed by atoms with Crippen LogP contribution in [0.2, 0.25) is 0 Å². The summed E-state index contributed by atoms with van der Waals surface area (Å²) in [6.45, 7) is 11.6. The highest BCUT2D eigenvalue weighted by Gasteiger charge is 2.29. The summed E-state index contributed by atoms with van der Waals surface area (Å²) >= 11 is 0. The van der Waals surface area contributed by atoms with Crippen molar-refractivity contribution in [1.29, 1.82) is 0 Å². The molecule has 1 unspecified atom stereocenters. The summed E-state index contributed by atoms with van der Waals surface area (Å²) in [5.74, 6) is 0.927. The zero-order valence-electron chi connectivity index (χ0n) is 14.1. The highest BCUT2D eigenvalue weighted by Crippen LogP contribution is 2.19. The summed E-state index contributed by atoms with van der Waals surface area (Å²) < 4.78 is 29.3. The van der Waals surface area contributed by atoms with Crippen LogP contribution < -0.4 is 10.0 Å². The second-order valence-electron chi connectivity index (χ2n) is 6.43. The lowest BCUT2D eigenvalue weighted by Crippen LogP contribution is -2.50. The van der Waals surface area contributed by atoms with Crippen molar-refractivity contribution in [3.05, 3.63) is 0 Å². The van der Waals surface area contributed by atoms with Gasteiger partial charge in [-0.25, -0.2) is 0 Å². The molecule has 0 aliphatic carbocycles. The van der Waals surface area contributed by atoms with Crippen LogP contribution >= 0.6 is 0 Å². The van der Waals surface area contributed by atoms with Gasteiger partial charge < -0.3 is 5.32 Å². The van der Waals surface area contributed by atoms with E-state index in [1.807, 2.05) is 6.92 Å². The molecule has 0 aromatic carbocycles. The summed E-state index contributed by atoms with van der Waals surface area (Å²) in [5.41, 5.74) is 0. The van der Waals surface area contributed by atoms with Crippen LogP contribution in [0.5, 0.6) is 0 Å². The number of rotatable bonds is 9. The third-order valence-electron chi connectivity index (χ3n) is 4.32. The van der Waals surface area contributed by atoms with Crippen molar-refractivity contribution in [1.82, 2.24) is 14.3 Å². The van der Waals surface area contributed by atoms with E-state index in [2.05, 4.69) is 30.8 Å². The fraction of sp³-hybridized carbons (Fsp3) is 1.00. The van der Waals surface area contributed by atoms with Crippen molar-refractivity contribution in [3.63, 3.8) is 0 Å². The minimum absolute atomic E-state index is 0.0268. The van der Waals surface area contributed by atoms with Crippen LogP contribution in [0.1, 0.15) is 53.4 Å². The van der Waals surface area contributed by atoms with Gasteiger partial charge in [-0.1, -0.05) is 27.7 Å². The molecule has 0 radical (unpaired) electrons. The van der Waals surface area contributed by atoms with Gasteiger partial charge >= 0.3 is 0 Å². The van der Waals surface area contributed by atoms with Crippen LogP contribution in [0.15, 0.2) is 0 Å². The summed E-state index contributed by atoms with van der Waals surface area (Å²) in [6.07, 6.45) is 3.88. The predicted molar refractivity (Wildman–Crippen MR) is 88.4 cm³/mol. The van der Waals surface area contributed by atoms with Gasteiger partial charge in [0.05, 0.1) is 0 Å². The minimum Gasteiger partial charge on any atom is -0.316 e. The Kier molecular flexibility index (Phi) is 8.16. The quantitative estimate of drug-likeness (QED) is 0.639. The Morgan fingerprint density at radius 3 is 2.29 bits per heavy atom. The maximum atomic E-state index is 12.4. The van der Waals surface area contributed by atoms with E-state index in [0.29, 0.717) is 24.9 Å². The molecule has 21 heavy (non-hydrogen) atoms. The van der Waals surface area contributed by atoms with E-state index >= 15 is 0 Å². The molecule has 1 fully saturated rings. The fourth-order valence-electron chi connectivity index (χ4n) is 2.79. The maximum absolute atomic E-state index is 12.4. The lowest BCUT2D eigenvalue weighted by molar-refractivity contribution is 0.262. The Labute approximate surface area is 131 Å². The molecule has 0 aromatic rings. The van der Waals surface area contributed by atoms with Crippen LogP contribution in [0.3, 0.4) is 0 Å². The van der Waals surface area contributed by atoms with Gasteiger partial charge in [-0.2, -0.15) is 17.4 Å². The first-order valence-corrected chi connectivity index (χ1v) is 9.82. The summed E-state index contributed by atoms with van der Waals surface area (Å²) in [7, 11) is -3.33. The van der Waals surface area contributed by atoms with Crippen LogP contribution in [0, 0.1) is 11.8 Å². The van der Waals surface area contributed by atoms with Gasteiger partial charge in [0.2, 0.25) is 0 Å². The van der Waals surface area contributed by atoms with E-state index < -0.39 is 10.2 Å². The largest absolute Gasteiger partial charge is 0.316 e. The monoisotopic (exact) mass is 319 g/mol. The fourth-order valence-corrected chi connectivity index (χ4v) is 4.46.